The van der Waals surface area contributed by atoms with E-state index in [1.54, 1.807) is 0 Å². The molecule has 0 bridgehead atoms. The second kappa shape index (κ2) is 5.52. The third-order valence-electron chi connectivity index (χ3n) is 2.58. The molecule has 2 nitrogen and oxygen atoms in total. The summed E-state index contributed by atoms with van der Waals surface area (Å²) in [6, 6.07) is 0. The van der Waals surface area contributed by atoms with Gasteiger partial charge in [-0.1, -0.05) is 26.0 Å². The standard InChI is InChI=1S/C12H23NO/c1-9(2)7-13-8-12-6-10(3)5-11(4)14-12/h9,11-13H,3,5-8H2,1-2,4H3/p+1/t11-,12-/m0/s1. The van der Waals surface area contributed by atoms with Crippen LogP contribution in [0.5, 0.6) is 0 Å². The maximum Gasteiger partial charge on any atom is 0.110 e. The number of hydrogen-bond acceptors (Lipinski definition) is 1. The van der Waals surface area contributed by atoms with E-state index in [1.807, 2.05) is 0 Å². The molecule has 14 heavy (non-hydrogen) atoms. The van der Waals surface area contributed by atoms with Crippen molar-refractivity contribution in [1.82, 2.24) is 0 Å². The summed E-state index contributed by atoms with van der Waals surface area (Å²) in [4.78, 5) is 0. The molecule has 1 rings (SSSR count). The lowest BCUT2D eigenvalue weighted by Gasteiger charge is -2.28. The van der Waals surface area contributed by atoms with Gasteiger partial charge in [-0.05, 0) is 19.8 Å². The molecule has 1 saturated heterocycles. The van der Waals surface area contributed by atoms with Crippen LogP contribution in [0.3, 0.4) is 0 Å². The largest absolute Gasteiger partial charge is 0.369 e. The molecular weight excluding hydrogens is 174 g/mol. The summed E-state index contributed by atoms with van der Waals surface area (Å²) >= 11 is 0. The zero-order valence-electron chi connectivity index (χ0n) is 9.75. The van der Waals surface area contributed by atoms with Crippen LogP contribution >= 0.6 is 0 Å². The van der Waals surface area contributed by atoms with Gasteiger partial charge >= 0.3 is 0 Å². The van der Waals surface area contributed by atoms with E-state index in [1.165, 1.54) is 12.1 Å². The molecule has 0 aliphatic carbocycles. The quantitative estimate of drug-likeness (QED) is 0.678. The minimum absolute atomic E-state index is 0.369. The lowest BCUT2D eigenvalue weighted by atomic mass is 10.00. The van der Waals surface area contributed by atoms with Gasteiger partial charge in [0.15, 0.2) is 0 Å². The van der Waals surface area contributed by atoms with Crippen LogP contribution in [0.15, 0.2) is 12.2 Å². The first-order valence-electron chi connectivity index (χ1n) is 5.71. The van der Waals surface area contributed by atoms with Crippen LogP contribution < -0.4 is 5.32 Å². The molecule has 0 radical (unpaired) electrons. The summed E-state index contributed by atoms with van der Waals surface area (Å²) in [7, 11) is 0. The van der Waals surface area contributed by atoms with Crippen molar-refractivity contribution in [2.45, 2.75) is 45.8 Å². The Morgan fingerprint density at radius 3 is 2.79 bits per heavy atom. The second-order valence-electron chi connectivity index (χ2n) is 4.88. The van der Waals surface area contributed by atoms with Crippen molar-refractivity contribution < 1.29 is 10.1 Å². The predicted molar refractivity (Wildman–Crippen MR) is 59.2 cm³/mol. The highest BCUT2D eigenvalue weighted by molar-refractivity contribution is 5.01. The van der Waals surface area contributed by atoms with Crippen molar-refractivity contribution in [3.63, 3.8) is 0 Å². The number of quaternary nitrogens is 1. The van der Waals surface area contributed by atoms with E-state index in [4.69, 9.17) is 4.74 Å². The Bertz CT molecular complexity index is 189. The highest BCUT2D eigenvalue weighted by Gasteiger charge is 2.22. The Hall–Kier alpha value is -0.340. The molecule has 82 valence electrons. The molecule has 1 heterocycles. The topological polar surface area (TPSA) is 25.8 Å². The SMILES string of the molecule is C=C1C[C@@H](C[NH2+]CC(C)C)O[C@@H](C)C1. The zero-order valence-corrected chi connectivity index (χ0v) is 9.75. The highest BCUT2D eigenvalue weighted by atomic mass is 16.5. The molecule has 0 aromatic rings. The molecular formula is C12H24NO+. The molecule has 0 aromatic heterocycles. The van der Waals surface area contributed by atoms with E-state index in [0.29, 0.717) is 12.2 Å². The van der Waals surface area contributed by atoms with Crippen molar-refractivity contribution >= 4 is 0 Å². The Morgan fingerprint density at radius 2 is 2.21 bits per heavy atom. The van der Waals surface area contributed by atoms with Gasteiger partial charge in [0.05, 0.1) is 12.6 Å². The molecule has 0 unspecified atom stereocenters. The van der Waals surface area contributed by atoms with Crippen molar-refractivity contribution in [2.24, 2.45) is 5.92 Å². The molecule has 2 atom stereocenters. The van der Waals surface area contributed by atoms with Crippen LogP contribution in [0.4, 0.5) is 0 Å². The van der Waals surface area contributed by atoms with E-state index in [-0.39, 0.29) is 0 Å². The van der Waals surface area contributed by atoms with Gasteiger partial charge in [0, 0.05) is 5.92 Å². The lowest BCUT2D eigenvalue weighted by molar-refractivity contribution is -0.666. The minimum atomic E-state index is 0.369. The van der Waals surface area contributed by atoms with Gasteiger partial charge in [0.2, 0.25) is 0 Å². The first-order chi connectivity index (χ1) is 6.58. The second-order valence-corrected chi connectivity index (χ2v) is 4.88. The monoisotopic (exact) mass is 198 g/mol. The highest BCUT2D eigenvalue weighted by Crippen LogP contribution is 2.21. The summed E-state index contributed by atoms with van der Waals surface area (Å²) in [5.74, 6) is 0.763. The number of nitrogens with two attached hydrogens (primary N) is 1. The van der Waals surface area contributed by atoms with Crippen LogP contribution in [0.2, 0.25) is 0 Å². The van der Waals surface area contributed by atoms with Crippen LogP contribution in [0, 0.1) is 5.92 Å². The lowest BCUT2D eigenvalue weighted by Crippen LogP contribution is -2.87. The Labute approximate surface area is 87.7 Å². The molecule has 2 heteroatoms. The summed E-state index contributed by atoms with van der Waals surface area (Å²) in [5, 5.41) is 2.36. The van der Waals surface area contributed by atoms with Crippen LogP contribution in [0.25, 0.3) is 0 Å². The van der Waals surface area contributed by atoms with Crippen LogP contribution in [-0.2, 0) is 4.74 Å². The van der Waals surface area contributed by atoms with Gasteiger partial charge in [-0.3, -0.25) is 0 Å². The maximum atomic E-state index is 5.85. The third-order valence-corrected chi connectivity index (χ3v) is 2.58. The third kappa shape index (κ3) is 4.25. The van der Waals surface area contributed by atoms with Gasteiger partial charge in [0.25, 0.3) is 0 Å². The summed E-state index contributed by atoms with van der Waals surface area (Å²) < 4.78 is 5.85. The molecule has 1 aliphatic rings. The Morgan fingerprint density at radius 1 is 1.50 bits per heavy atom. The van der Waals surface area contributed by atoms with E-state index in [0.717, 1.165) is 25.3 Å². The zero-order chi connectivity index (χ0) is 10.6. The van der Waals surface area contributed by atoms with Crippen molar-refractivity contribution in [1.29, 1.82) is 0 Å². The number of rotatable bonds is 4. The summed E-state index contributed by atoms with van der Waals surface area (Å²) in [5.41, 5.74) is 1.35. The van der Waals surface area contributed by atoms with Gasteiger partial charge in [-0.15, -0.1) is 0 Å². The molecule has 1 aliphatic heterocycles. The van der Waals surface area contributed by atoms with Gasteiger partial charge in [-0.2, -0.15) is 0 Å². The fourth-order valence-corrected chi connectivity index (χ4v) is 1.99. The molecule has 0 aromatic carbocycles. The smallest absolute Gasteiger partial charge is 0.110 e. The number of ether oxygens (including phenoxy) is 1. The van der Waals surface area contributed by atoms with Gasteiger partial charge in [0.1, 0.15) is 12.6 Å². The molecule has 1 fully saturated rings. The summed E-state index contributed by atoms with van der Waals surface area (Å²) in [6.07, 6.45) is 2.86. The van der Waals surface area contributed by atoms with E-state index in [9.17, 15) is 0 Å². The Kier molecular flexibility index (Phi) is 4.63. The summed E-state index contributed by atoms with van der Waals surface area (Å²) in [6.45, 7) is 13.0. The maximum absolute atomic E-state index is 5.85. The first-order valence-corrected chi connectivity index (χ1v) is 5.71. The first kappa shape index (κ1) is 11.7. The van der Waals surface area contributed by atoms with Crippen molar-refractivity contribution in [2.75, 3.05) is 13.1 Å². The van der Waals surface area contributed by atoms with Crippen molar-refractivity contribution in [3.05, 3.63) is 12.2 Å². The molecule has 0 amide bonds. The molecule has 0 spiro atoms. The minimum Gasteiger partial charge on any atom is -0.369 e. The van der Waals surface area contributed by atoms with Gasteiger partial charge in [-0.25, -0.2) is 0 Å². The van der Waals surface area contributed by atoms with Crippen LogP contribution in [0.1, 0.15) is 33.6 Å². The van der Waals surface area contributed by atoms with Crippen molar-refractivity contribution in [3.8, 4) is 0 Å². The molecule has 2 N–H and O–H groups in total. The van der Waals surface area contributed by atoms with E-state index < -0.39 is 0 Å². The molecule has 0 saturated carbocycles. The average molecular weight is 198 g/mol. The predicted octanol–water partition coefficient (Wildman–Crippen LogP) is 1.33. The van der Waals surface area contributed by atoms with E-state index in [2.05, 4.69) is 32.7 Å². The fraction of sp³-hybridized carbons (Fsp3) is 0.833. The van der Waals surface area contributed by atoms with Gasteiger partial charge < -0.3 is 10.1 Å². The fourth-order valence-electron chi connectivity index (χ4n) is 1.99. The van der Waals surface area contributed by atoms with E-state index >= 15 is 0 Å². The normalized spacial score (nSPS) is 28.4. The number of hydrogen-bond donors (Lipinski definition) is 1. The average Bonchev–Trinajstić information content (AvgIpc) is 2.01. The Balaban J connectivity index is 2.20. The van der Waals surface area contributed by atoms with Crippen LogP contribution in [-0.4, -0.2) is 25.3 Å².